The summed E-state index contributed by atoms with van der Waals surface area (Å²) in [4.78, 5) is 48.3. The van der Waals surface area contributed by atoms with E-state index in [4.69, 9.17) is 16.3 Å². The van der Waals surface area contributed by atoms with Crippen LogP contribution in [0.2, 0.25) is 5.02 Å². The third-order valence-corrected chi connectivity index (χ3v) is 5.12. The summed E-state index contributed by atoms with van der Waals surface area (Å²) < 4.78 is 5.11. The summed E-state index contributed by atoms with van der Waals surface area (Å²) in [5.74, 6) is -2.03. The van der Waals surface area contributed by atoms with Crippen molar-refractivity contribution in [3.63, 3.8) is 0 Å². The van der Waals surface area contributed by atoms with Crippen molar-refractivity contribution in [1.82, 2.24) is 0 Å². The Balaban J connectivity index is 1.76. The zero-order chi connectivity index (χ0) is 24.1. The normalized spacial score (nSPS) is 10.4. The molecule has 8 nitrogen and oxygen atoms in total. The van der Waals surface area contributed by atoms with Crippen molar-refractivity contribution in [1.29, 1.82) is 0 Å². The molecule has 0 bridgehead atoms. The van der Waals surface area contributed by atoms with Gasteiger partial charge >= 0.3 is 5.97 Å². The average Bonchev–Trinajstić information content (AvgIpc) is 2.79. The molecule has 1 amide bonds. The Kier molecular flexibility index (Phi) is 7.20. The van der Waals surface area contributed by atoms with Gasteiger partial charge in [0.1, 0.15) is 5.02 Å². The van der Waals surface area contributed by atoms with E-state index < -0.39 is 34.9 Å². The topological polar surface area (TPSA) is 116 Å². The molecular weight excluding hydrogens is 448 g/mol. The second-order valence-corrected chi connectivity index (χ2v) is 7.65. The van der Waals surface area contributed by atoms with Crippen molar-refractivity contribution in [2.45, 2.75) is 13.8 Å². The third kappa shape index (κ3) is 5.61. The van der Waals surface area contributed by atoms with Gasteiger partial charge in [-0.25, -0.2) is 4.79 Å². The highest BCUT2D eigenvalue weighted by atomic mass is 35.5. The number of nitro benzene ring substituents is 1. The summed E-state index contributed by atoms with van der Waals surface area (Å²) in [6.45, 7) is 3.17. The number of anilines is 1. The van der Waals surface area contributed by atoms with Gasteiger partial charge in [0, 0.05) is 22.9 Å². The minimum absolute atomic E-state index is 0.0148. The maximum Gasteiger partial charge on any atom is 0.339 e. The lowest BCUT2D eigenvalue weighted by Crippen LogP contribution is -2.22. The number of nitro groups is 1. The molecule has 0 saturated carbocycles. The average molecular weight is 467 g/mol. The van der Waals surface area contributed by atoms with Gasteiger partial charge in [-0.2, -0.15) is 0 Å². The van der Waals surface area contributed by atoms with E-state index in [1.165, 1.54) is 30.3 Å². The highest BCUT2D eigenvalue weighted by molar-refractivity contribution is 6.33. The van der Waals surface area contributed by atoms with E-state index in [1.54, 1.807) is 12.1 Å². The van der Waals surface area contributed by atoms with Crippen LogP contribution in [0, 0.1) is 24.0 Å². The molecule has 0 heterocycles. The summed E-state index contributed by atoms with van der Waals surface area (Å²) in [5, 5.41) is 13.7. The van der Waals surface area contributed by atoms with Crippen LogP contribution in [0.5, 0.6) is 0 Å². The predicted octanol–water partition coefficient (Wildman–Crippen LogP) is 4.89. The van der Waals surface area contributed by atoms with Crippen LogP contribution in [0.1, 0.15) is 37.4 Å². The number of nitrogens with one attached hydrogen (secondary N) is 1. The third-order valence-electron chi connectivity index (χ3n) is 4.80. The number of benzene rings is 3. The van der Waals surface area contributed by atoms with Crippen LogP contribution in [0.15, 0.2) is 60.7 Å². The standard InChI is InChI=1S/C24H19ClN2O6/c1-14-7-8-15(2)20(11-14)26-22(28)13-33-24(30)18-6-4-3-5-17(18)23(29)16-9-10-19(25)21(12-16)27(31)32/h3-12H,13H2,1-2H3,(H,26,28). The summed E-state index contributed by atoms with van der Waals surface area (Å²) in [6.07, 6.45) is 0. The van der Waals surface area contributed by atoms with E-state index in [0.717, 1.165) is 17.2 Å². The molecule has 1 N–H and O–H groups in total. The zero-order valence-electron chi connectivity index (χ0n) is 17.8. The van der Waals surface area contributed by atoms with Crippen molar-refractivity contribution in [3.8, 4) is 0 Å². The van der Waals surface area contributed by atoms with E-state index in [2.05, 4.69) is 5.32 Å². The van der Waals surface area contributed by atoms with Gasteiger partial charge in [-0.05, 0) is 49.2 Å². The van der Waals surface area contributed by atoms with Gasteiger partial charge in [-0.15, -0.1) is 0 Å². The zero-order valence-corrected chi connectivity index (χ0v) is 18.5. The van der Waals surface area contributed by atoms with Crippen molar-refractivity contribution in [2.24, 2.45) is 0 Å². The maximum absolute atomic E-state index is 13.0. The lowest BCUT2D eigenvalue weighted by atomic mass is 9.98. The van der Waals surface area contributed by atoms with E-state index in [0.29, 0.717) is 5.69 Å². The first-order valence-corrected chi connectivity index (χ1v) is 10.2. The number of aryl methyl sites for hydroxylation is 2. The van der Waals surface area contributed by atoms with Gasteiger partial charge < -0.3 is 10.1 Å². The van der Waals surface area contributed by atoms with Gasteiger partial charge in [-0.1, -0.05) is 41.9 Å². The Bertz CT molecular complexity index is 1270. The van der Waals surface area contributed by atoms with Crippen molar-refractivity contribution in [2.75, 3.05) is 11.9 Å². The summed E-state index contributed by atoms with van der Waals surface area (Å²) in [5.41, 5.74) is 1.89. The number of halogens is 1. The number of hydrogen-bond donors (Lipinski definition) is 1. The Morgan fingerprint density at radius 2 is 1.70 bits per heavy atom. The first kappa shape index (κ1) is 23.6. The fourth-order valence-electron chi connectivity index (χ4n) is 3.07. The summed E-state index contributed by atoms with van der Waals surface area (Å²) in [7, 11) is 0. The van der Waals surface area contributed by atoms with Crippen LogP contribution in [-0.2, 0) is 9.53 Å². The molecule has 0 aliphatic carbocycles. The number of rotatable bonds is 7. The Labute approximate surface area is 194 Å². The molecule has 0 unspecified atom stereocenters. The van der Waals surface area contributed by atoms with E-state index in [-0.39, 0.29) is 21.7 Å². The number of carbonyl (C=O) groups excluding carboxylic acids is 3. The van der Waals surface area contributed by atoms with Gasteiger partial charge in [-0.3, -0.25) is 19.7 Å². The van der Waals surface area contributed by atoms with Gasteiger partial charge in [0.25, 0.3) is 11.6 Å². The molecule has 0 atom stereocenters. The Morgan fingerprint density at radius 1 is 1.00 bits per heavy atom. The molecule has 0 spiro atoms. The fourth-order valence-corrected chi connectivity index (χ4v) is 3.26. The molecular formula is C24H19ClN2O6. The highest BCUT2D eigenvalue weighted by Gasteiger charge is 2.22. The molecule has 3 aromatic rings. The smallest absolute Gasteiger partial charge is 0.339 e. The first-order chi connectivity index (χ1) is 15.7. The Morgan fingerprint density at radius 3 is 2.39 bits per heavy atom. The van der Waals surface area contributed by atoms with Crippen molar-refractivity contribution < 1.29 is 24.0 Å². The molecule has 0 radical (unpaired) electrons. The summed E-state index contributed by atoms with van der Waals surface area (Å²) in [6, 6.07) is 15.0. The van der Waals surface area contributed by atoms with Gasteiger partial charge in [0.05, 0.1) is 10.5 Å². The van der Waals surface area contributed by atoms with Crippen LogP contribution >= 0.6 is 11.6 Å². The second-order valence-electron chi connectivity index (χ2n) is 7.24. The van der Waals surface area contributed by atoms with E-state index in [9.17, 15) is 24.5 Å². The number of ketones is 1. The van der Waals surface area contributed by atoms with E-state index in [1.807, 2.05) is 26.0 Å². The van der Waals surface area contributed by atoms with Crippen molar-refractivity contribution in [3.05, 3.63) is 104 Å². The first-order valence-electron chi connectivity index (χ1n) is 9.79. The van der Waals surface area contributed by atoms with Crippen LogP contribution in [0.3, 0.4) is 0 Å². The van der Waals surface area contributed by atoms with E-state index >= 15 is 0 Å². The minimum Gasteiger partial charge on any atom is -0.452 e. The molecule has 0 aliphatic rings. The number of carbonyl (C=O) groups is 3. The number of nitrogens with zero attached hydrogens (tertiary/aromatic N) is 1. The lowest BCUT2D eigenvalue weighted by Gasteiger charge is -2.11. The monoisotopic (exact) mass is 466 g/mol. The molecule has 0 saturated heterocycles. The molecule has 0 aliphatic heterocycles. The molecule has 168 valence electrons. The molecule has 3 aromatic carbocycles. The molecule has 0 aromatic heterocycles. The minimum atomic E-state index is -0.876. The highest BCUT2D eigenvalue weighted by Crippen LogP contribution is 2.27. The number of esters is 1. The second kappa shape index (κ2) is 10.1. The maximum atomic E-state index is 13.0. The van der Waals surface area contributed by atoms with Crippen LogP contribution < -0.4 is 5.32 Å². The number of hydrogen-bond acceptors (Lipinski definition) is 6. The van der Waals surface area contributed by atoms with Gasteiger partial charge in [0.15, 0.2) is 12.4 Å². The fraction of sp³-hybridized carbons (Fsp3) is 0.125. The Hall–Kier alpha value is -4.04. The van der Waals surface area contributed by atoms with Crippen molar-refractivity contribution >= 4 is 40.6 Å². The number of ether oxygens (including phenoxy) is 1. The van der Waals surface area contributed by atoms with Crippen LogP contribution in [0.25, 0.3) is 0 Å². The molecule has 33 heavy (non-hydrogen) atoms. The lowest BCUT2D eigenvalue weighted by molar-refractivity contribution is -0.384. The predicted molar refractivity (Wildman–Crippen MR) is 123 cm³/mol. The SMILES string of the molecule is Cc1ccc(C)c(NC(=O)COC(=O)c2ccccc2C(=O)c2ccc(Cl)c([N+](=O)[O-])c2)c1. The molecule has 3 rings (SSSR count). The molecule has 9 heteroatoms. The van der Waals surface area contributed by atoms with Gasteiger partial charge in [0.2, 0.25) is 0 Å². The number of amides is 1. The largest absolute Gasteiger partial charge is 0.452 e. The summed E-state index contributed by atoms with van der Waals surface area (Å²) >= 11 is 5.81. The van der Waals surface area contributed by atoms with Crippen LogP contribution in [-0.4, -0.2) is 29.2 Å². The molecule has 0 fully saturated rings. The quantitative estimate of drug-likeness (QED) is 0.229. The van der Waals surface area contributed by atoms with Crippen LogP contribution in [0.4, 0.5) is 11.4 Å².